The summed E-state index contributed by atoms with van der Waals surface area (Å²) < 4.78 is 6.32. The maximum atomic E-state index is 6.44. The van der Waals surface area contributed by atoms with Crippen LogP contribution in [0.5, 0.6) is 11.6 Å². The second kappa shape index (κ2) is 7.32. The van der Waals surface area contributed by atoms with E-state index in [9.17, 15) is 0 Å². The summed E-state index contributed by atoms with van der Waals surface area (Å²) in [6.07, 6.45) is 1.73. The number of para-hydroxylation sites is 1. The molecule has 0 amide bonds. The van der Waals surface area contributed by atoms with Crippen LogP contribution in [0.25, 0.3) is 0 Å². The fourth-order valence-corrected chi connectivity index (χ4v) is 4.47. The van der Waals surface area contributed by atoms with Gasteiger partial charge < -0.3 is 15.4 Å². The second-order valence-corrected chi connectivity index (χ2v) is 9.26. The number of thioether (sulfide) groups is 1. The average Bonchev–Trinajstić information content (AvgIpc) is 2.97. The number of anilines is 2. The first-order valence-electron chi connectivity index (χ1n) is 9.08. The van der Waals surface area contributed by atoms with Gasteiger partial charge in [-0.15, -0.1) is 0 Å². The number of nitrogens with two attached hydrogens (primary N) is 1. The Hall–Kier alpha value is -2.21. The molecule has 0 saturated carbocycles. The second-order valence-electron chi connectivity index (χ2n) is 7.67. The maximum Gasteiger partial charge on any atom is 0.243 e. The zero-order valence-corrected chi connectivity index (χ0v) is 17.6. The fourth-order valence-electron chi connectivity index (χ4n) is 3.29. The van der Waals surface area contributed by atoms with Gasteiger partial charge in [0.05, 0.1) is 5.69 Å². The Bertz CT molecular complexity index is 1020. The van der Waals surface area contributed by atoms with E-state index in [2.05, 4.69) is 31.8 Å². The molecule has 2 heterocycles. The molecule has 1 unspecified atom stereocenters. The number of aromatic nitrogens is 1. The van der Waals surface area contributed by atoms with E-state index in [1.54, 1.807) is 18.0 Å². The molecule has 2 aromatic carbocycles. The van der Waals surface area contributed by atoms with Gasteiger partial charge in [0, 0.05) is 21.7 Å². The van der Waals surface area contributed by atoms with Gasteiger partial charge in [-0.2, -0.15) is 0 Å². The SMILES string of the molecule is CC(C)(C)c1ccccc1Oc1ncccc1N1c2cc(Cl)ccc2SC1N. The number of benzene rings is 2. The van der Waals surface area contributed by atoms with Gasteiger partial charge in [0.15, 0.2) is 0 Å². The molecule has 6 heteroatoms. The molecule has 144 valence electrons. The number of nitrogens with zero attached hydrogens (tertiary/aromatic N) is 2. The number of hydrogen-bond donors (Lipinski definition) is 1. The zero-order chi connectivity index (χ0) is 19.9. The van der Waals surface area contributed by atoms with Crippen molar-refractivity contribution in [2.24, 2.45) is 5.73 Å². The van der Waals surface area contributed by atoms with Crippen molar-refractivity contribution >= 4 is 34.7 Å². The van der Waals surface area contributed by atoms with Gasteiger partial charge in [0.25, 0.3) is 0 Å². The Morgan fingerprint density at radius 2 is 1.86 bits per heavy atom. The van der Waals surface area contributed by atoms with Crippen LogP contribution in [-0.4, -0.2) is 10.5 Å². The summed E-state index contributed by atoms with van der Waals surface area (Å²) in [5, 5.41) is 0.669. The summed E-state index contributed by atoms with van der Waals surface area (Å²) in [5.41, 5.74) is 9.00. The predicted molar refractivity (Wildman–Crippen MR) is 117 cm³/mol. The minimum atomic E-state index is -0.280. The maximum absolute atomic E-state index is 6.44. The molecule has 0 radical (unpaired) electrons. The van der Waals surface area contributed by atoms with E-state index in [0.29, 0.717) is 10.9 Å². The third kappa shape index (κ3) is 3.58. The molecule has 0 aliphatic carbocycles. The normalized spacial score (nSPS) is 16.2. The minimum absolute atomic E-state index is 0.0500. The van der Waals surface area contributed by atoms with Gasteiger partial charge >= 0.3 is 0 Å². The van der Waals surface area contributed by atoms with E-state index in [4.69, 9.17) is 22.1 Å². The number of ether oxygens (including phenoxy) is 1. The molecule has 3 aromatic rings. The van der Waals surface area contributed by atoms with Gasteiger partial charge in [-0.3, -0.25) is 0 Å². The third-order valence-corrected chi connectivity index (χ3v) is 5.88. The fraction of sp³-hybridized carbons (Fsp3) is 0.227. The zero-order valence-electron chi connectivity index (χ0n) is 16.0. The lowest BCUT2D eigenvalue weighted by molar-refractivity contribution is 0.440. The lowest BCUT2D eigenvalue weighted by atomic mass is 9.86. The first-order valence-corrected chi connectivity index (χ1v) is 10.3. The number of hydrogen-bond acceptors (Lipinski definition) is 5. The van der Waals surface area contributed by atoms with E-state index in [1.807, 2.05) is 53.4 Å². The van der Waals surface area contributed by atoms with Crippen LogP contribution in [0.15, 0.2) is 65.7 Å². The van der Waals surface area contributed by atoms with Gasteiger partial charge in [-0.1, -0.05) is 62.3 Å². The highest BCUT2D eigenvalue weighted by atomic mass is 35.5. The van der Waals surface area contributed by atoms with Crippen LogP contribution >= 0.6 is 23.4 Å². The number of pyridine rings is 1. The Morgan fingerprint density at radius 3 is 2.64 bits per heavy atom. The Kier molecular flexibility index (Phi) is 5.00. The quantitative estimate of drug-likeness (QED) is 0.547. The summed E-state index contributed by atoms with van der Waals surface area (Å²) >= 11 is 7.83. The van der Waals surface area contributed by atoms with Crippen LogP contribution in [-0.2, 0) is 5.41 Å². The summed E-state index contributed by atoms with van der Waals surface area (Å²) in [6.45, 7) is 6.50. The van der Waals surface area contributed by atoms with Gasteiger partial charge in [0.1, 0.15) is 16.9 Å². The highest BCUT2D eigenvalue weighted by Crippen LogP contribution is 2.49. The lowest BCUT2D eigenvalue weighted by Gasteiger charge is -2.26. The van der Waals surface area contributed by atoms with Crippen molar-refractivity contribution < 1.29 is 4.74 Å². The first kappa shape index (κ1) is 19.1. The van der Waals surface area contributed by atoms with Crippen molar-refractivity contribution in [2.75, 3.05) is 4.90 Å². The number of halogens is 1. The third-order valence-electron chi connectivity index (χ3n) is 4.60. The van der Waals surface area contributed by atoms with E-state index in [-0.39, 0.29) is 10.9 Å². The minimum Gasteiger partial charge on any atom is -0.437 e. The molecule has 1 aliphatic rings. The number of fused-ring (bicyclic) bond motifs is 1. The Morgan fingerprint density at radius 1 is 1.07 bits per heavy atom. The topological polar surface area (TPSA) is 51.4 Å². The summed E-state index contributed by atoms with van der Waals surface area (Å²) in [6, 6.07) is 17.7. The highest BCUT2D eigenvalue weighted by Gasteiger charge is 2.31. The molecule has 4 nitrogen and oxygen atoms in total. The molecule has 2 N–H and O–H groups in total. The standard InChI is InChI=1S/C22H22ClN3OS/c1-22(2,3)15-7-4-5-9-18(15)27-20-16(8-6-12-25-20)26-17-13-14(23)10-11-19(17)28-21(26)24/h4-13,21H,24H2,1-3H3. The molecular formula is C22H22ClN3OS. The van der Waals surface area contributed by atoms with Crippen molar-refractivity contribution in [3.63, 3.8) is 0 Å². The predicted octanol–water partition coefficient (Wildman–Crippen LogP) is 6.31. The first-order chi connectivity index (χ1) is 13.3. The molecular weight excluding hydrogens is 390 g/mol. The Balaban J connectivity index is 1.77. The van der Waals surface area contributed by atoms with Crippen LogP contribution in [0.2, 0.25) is 5.02 Å². The van der Waals surface area contributed by atoms with Gasteiger partial charge in [0.2, 0.25) is 5.88 Å². The van der Waals surface area contributed by atoms with Crippen molar-refractivity contribution in [3.05, 3.63) is 71.4 Å². The molecule has 1 aliphatic heterocycles. The Labute approximate surface area is 174 Å². The number of rotatable bonds is 3. The summed E-state index contributed by atoms with van der Waals surface area (Å²) in [5.74, 6) is 1.31. The smallest absolute Gasteiger partial charge is 0.243 e. The van der Waals surface area contributed by atoms with Crippen molar-refractivity contribution in [1.29, 1.82) is 0 Å². The molecule has 0 fully saturated rings. The van der Waals surface area contributed by atoms with Crippen LogP contribution in [0.3, 0.4) is 0 Å². The molecule has 1 atom stereocenters. The van der Waals surface area contributed by atoms with Crippen molar-refractivity contribution in [2.45, 2.75) is 36.6 Å². The molecule has 4 rings (SSSR count). The molecule has 1 aromatic heterocycles. The van der Waals surface area contributed by atoms with Crippen molar-refractivity contribution in [3.8, 4) is 11.6 Å². The van der Waals surface area contributed by atoms with E-state index < -0.39 is 0 Å². The molecule has 0 bridgehead atoms. The monoisotopic (exact) mass is 411 g/mol. The average molecular weight is 412 g/mol. The van der Waals surface area contributed by atoms with Crippen LogP contribution < -0.4 is 15.4 Å². The summed E-state index contributed by atoms with van der Waals surface area (Å²) in [7, 11) is 0. The molecule has 0 spiro atoms. The van der Waals surface area contributed by atoms with Crippen LogP contribution in [0.1, 0.15) is 26.3 Å². The summed E-state index contributed by atoms with van der Waals surface area (Å²) in [4.78, 5) is 7.62. The van der Waals surface area contributed by atoms with Crippen LogP contribution in [0.4, 0.5) is 11.4 Å². The van der Waals surface area contributed by atoms with Gasteiger partial charge in [-0.05, 0) is 41.8 Å². The lowest BCUT2D eigenvalue weighted by Crippen LogP contribution is -2.32. The molecule has 28 heavy (non-hydrogen) atoms. The highest BCUT2D eigenvalue weighted by molar-refractivity contribution is 8.00. The van der Waals surface area contributed by atoms with Crippen molar-refractivity contribution in [1.82, 2.24) is 4.98 Å². The molecule has 0 saturated heterocycles. The van der Waals surface area contributed by atoms with E-state index >= 15 is 0 Å². The van der Waals surface area contributed by atoms with Gasteiger partial charge in [-0.25, -0.2) is 4.98 Å². The van der Waals surface area contributed by atoms with Crippen LogP contribution in [0, 0.1) is 0 Å². The largest absolute Gasteiger partial charge is 0.437 e. The van der Waals surface area contributed by atoms with E-state index in [1.165, 1.54) is 0 Å². The van der Waals surface area contributed by atoms with E-state index in [0.717, 1.165) is 27.6 Å².